The van der Waals surface area contributed by atoms with Crippen LogP contribution in [0.25, 0.3) is 11.0 Å². The Labute approximate surface area is 133 Å². The Morgan fingerprint density at radius 2 is 1.86 bits per heavy atom. The van der Waals surface area contributed by atoms with Gasteiger partial charge in [-0.25, -0.2) is 13.4 Å². The lowest BCUT2D eigenvalue weighted by Gasteiger charge is -2.14. The van der Waals surface area contributed by atoms with Crippen molar-refractivity contribution in [2.75, 3.05) is 17.3 Å². The van der Waals surface area contributed by atoms with Gasteiger partial charge in [-0.05, 0) is 25.5 Å². The number of sulfone groups is 1. The molecule has 0 aliphatic heterocycles. The van der Waals surface area contributed by atoms with Crippen LogP contribution in [0.15, 0.2) is 18.3 Å². The van der Waals surface area contributed by atoms with Crippen molar-refractivity contribution in [1.82, 2.24) is 9.97 Å². The van der Waals surface area contributed by atoms with Gasteiger partial charge < -0.3 is 5.32 Å². The Morgan fingerprint density at radius 3 is 2.48 bits per heavy atom. The molecule has 0 saturated carbocycles. The van der Waals surface area contributed by atoms with E-state index >= 15 is 0 Å². The van der Waals surface area contributed by atoms with Crippen LogP contribution in [0.4, 0.5) is 5.82 Å². The zero-order valence-corrected chi connectivity index (χ0v) is 13.9. The largest absolute Gasteiger partial charge is 0.366 e. The summed E-state index contributed by atoms with van der Waals surface area (Å²) >= 11 is 11.9. The van der Waals surface area contributed by atoms with Gasteiger partial charge in [-0.15, -0.1) is 0 Å². The second-order valence-corrected chi connectivity index (χ2v) is 8.05. The fraction of sp³-hybridized carbons (Fsp3) is 0.385. The topological polar surface area (TPSA) is 72.0 Å². The average Bonchev–Trinajstić information content (AvgIpc) is 2.37. The molecule has 0 unspecified atom stereocenters. The average molecular weight is 348 g/mol. The van der Waals surface area contributed by atoms with E-state index in [9.17, 15) is 8.42 Å². The molecule has 0 bridgehead atoms. The van der Waals surface area contributed by atoms with Crippen LogP contribution < -0.4 is 5.32 Å². The molecule has 2 aromatic rings. The fourth-order valence-electron chi connectivity index (χ4n) is 1.79. The predicted octanol–water partition coefficient (Wildman–Crippen LogP) is 3.17. The third-order valence-electron chi connectivity index (χ3n) is 2.90. The molecule has 0 aliphatic rings. The lowest BCUT2D eigenvalue weighted by Crippen LogP contribution is -2.20. The van der Waals surface area contributed by atoms with Crippen molar-refractivity contribution in [3.63, 3.8) is 0 Å². The molecule has 1 heterocycles. The maximum absolute atomic E-state index is 11.1. The maximum Gasteiger partial charge on any atom is 0.147 e. The van der Waals surface area contributed by atoms with Gasteiger partial charge in [-0.1, -0.05) is 23.2 Å². The van der Waals surface area contributed by atoms with Gasteiger partial charge in [0, 0.05) is 12.3 Å². The second-order valence-electron chi connectivity index (χ2n) is 4.97. The SMILES string of the molecule is C[C@H](CCS(C)(=O)=O)Nc1cnc2cc(Cl)c(Cl)cc2n1. The summed E-state index contributed by atoms with van der Waals surface area (Å²) < 4.78 is 22.3. The van der Waals surface area contributed by atoms with E-state index in [-0.39, 0.29) is 11.8 Å². The number of anilines is 1. The van der Waals surface area contributed by atoms with Crippen molar-refractivity contribution in [1.29, 1.82) is 0 Å². The predicted molar refractivity (Wildman–Crippen MR) is 87.0 cm³/mol. The molecule has 21 heavy (non-hydrogen) atoms. The van der Waals surface area contributed by atoms with Crippen LogP contribution in [0.1, 0.15) is 13.3 Å². The highest BCUT2D eigenvalue weighted by Crippen LogP contribution is 2.26. The van der Waals surface area contributed by atoms with E-state index in [1.165, 1.54) is 6.26 Å². The summed E-state index contributed by atoms with van der Waals surface area (Å²) in [4.78, 5) is 8.65. The molecule has 0 amide bonds. The molecule has 0 aliphatic carbocycles. The smallest absolute Gasteiger partial charge is 0.147 e. The fourth-order valence-corrected chi connectivity index (χ4v) is 2.89. The number of aromatic nitrogens is 2. The van der Waals surface area contributed by atoms with Crippen LogP contribution >= 0.6 is 23.2 Å². The first-order valence-corrected chi connectivity index (χ1v) is 9.12. The van der Waals surface area contributed by atoms with Gasteiger partial charge in [0.15, 0.2) is 0 Å². The van der Waals surface area contributed by atoms with Crippen molar-refractivity contribution in [3.8, 4) is 0 Å². The van der Waals surface area contributed by atoms with Crippen molar-refractivity contribution in [2.24, 2.45) is 0 Å². The molecule has 0 radical (unpaired) electrons. The van der Waals surface area contributed by atoms with E-state index in [1.54, 1.807) is 18.3 Å². The van der Waals surface area contributed by atoms with Gasteiger partial charge in [-0.2, -0.15) is 0 Å². The van der Waals surface area contributed by atoms with Gasteiger partial charge >= 0.3 is 0 Å². The summed E-state index contributed by atoms with van der Waals surface area (Å²) in [7, 11) is -2.96. The van der Waals surface area contributed by atoms with Gasteiger partial charge in [0.1, 0.15) is 15.7 Å². The molecular weight excluding hydrogens is 333 g/mol. The van der Waals surface area contributed by atoms with Crippen molar-refractivity contribution >= 4 is 49.9 Å². The quantitative estimate of drug-likeness (QED) is 0.899. The third-order valence-corrected chi connectivity index (χ3v) is 4.60. The Balaban J connectivity index is 2.14. The van der Waals surface area contributed by atoms with Gasteiger partial charge in [-0.3, -0.25) is 4.98 Å². The number of halogens is 2. The monoisotopic (exact) mass is 347 g/mol. The van der Waals surface area contributed by atoms with E-state index < -0.39 is 9.84 Å². The van der Waals surface area contributed by atoms with Crippen LogP contribution in [0.5, 0.6) is 0 Å². The highest BCUT2D eigenvalue weighted by Gasteiger charge is 2.10. The summed E-state index contributed by atoms with van der Waals surface area (Å²) in [5.74, 6) is 0.700. The molecule has 1 aromatic carbocycles. The maximum atomic E-state index is 11.1. The first kappa shape index (κ1) is 16.3. The van der Waals surface area contributed by atoms with Crippen LogP contribution in [0, 0.1) is 0 Å². The number of nitrogens with one attached hydrogen (secondary N) is 1. The van der Waals surface area contributed by atoms with Crippen molar-refractivity contribution in [3.05, 3.63) is 28.4 Å². The zero-order chi connectivity index (χ0) is 15.6. The highest BCUT2D eigenvalue weighted by atomic mass is 35.5. The Bertz CT molecular complexity index is 765. The van der Waals surface area contributed by atoms with Crippen molar-refractivity contribution < 1.29 is 8.42 Å². The number of fused-ring (bicyclic) bond motifs is 1. The Morgan fingerprint density at radius 1 is 1.24 bits per heavy atom. The molecule has 2 rings (SSSR count). The van der Waals surface area contributed by atoms with E-state index in [1.807, 2.05) is 6.92 Å². The highest BCUT2D eigenvalue weighted by molar-refractivity contribution is 7.90. The van der Waals surface area contributed by atoms with Crippen LogP contribution in [-0.2, 0) is 9.84 Å². The second kappa shape index (κ2) is 6.34. The molecule has 0 fully saturated rings. The Hall–Kier alpha value is -1.11. The van der Waals surface area contributed by atoms with E-state index in [4.69, 9.17) is 23.2 Å². The molecule has 114 valence electrons. The molecule has 1 N–H and O–H groups in total. The number of nitrogens with zero attached hydrogens (tertiary/aromatic N) is 2. The van der Waals surface area contributed by atoms with Gasteiger partial charge in [0.05, 0.1) is 33.0 Å². The number of hydrogen-bond acceptors (Lipinski definition) is 5. The molecule has 5 nitrogen and oxygen atoms in total. The first-order valence-electron chi connectivity index (χ1n) is 6.30. The first-order chi connectivity index (χ1) is 9.74. The number of benzene rings is 1. The lowest BCUT2D eigenvalue weighted by atomic mass is 10.2. The molecule has 0 spiro atoms. The molecule has 1 aromatic heterocycles. The summed E-state index contributed by atoms with van der Waals surface area (Å²) in [5, 5.41) is 3.98. The van der Waals surface area contributed by atoms with Gasteiger partial charge in [0.2, 0.25) is 0 Å². The van der Waals surface area contributed by atoms with E-state index in [2.05, 4.69) is 15.3 Å². The van der Waals surface area contributed by atoms with Crippen LogP contribution in [-0.4, -0.2) is 36.4 Å². The third kappa shape index (κ3) is 4.69. The summed E-state index contributed by atoms with van der Waals surface area (Å²) in [6, 6.07) is 3.27. The normalized spacial score (nSPS) is 13.3. The molecule has 8 heteroatoms. The Kier molecular flexibility index (Phi) is 4.91. The zero-order valence-electron chi connectivity index (χ0n) is 11.6. The molecule has 0 saturated heterocycles. The van der Waals surface area contributed by atoms with Crippen molar-refractivity contribution in [2.45, 2.75) is 19.4 Å². The molecule has 1 atom stereocenters. The summed E-state index contributed by atoms with van der Waals surface area (Å²) in [5.41, 5.74) is 1.28. The van der Waals surface area contributed by atoms with Crippen LogP contribution in [0.3, 0.4) is 0 Å². The summed E-state index contributed by atoms with van der Waals surface area (Å²) in [6.45, 7) is 1.89. The van der Waals surface area contributed by atoms with E-state index in [0.29, 0.717) is 33.3 Å². The minimum Gasteiger partial charge on any atom is -0.366 e. The number of rotatable bonds is 5. The minimum absolute atomic E-state index is 0.0331. The van der Waals surface area contributed by atoms with E-state index in [0.717, 1.165) is 0 Å². The number of hydrogen-bond donors (Lipinski definition) is 1. The standard InChI is InChI=1S/C13H15Cl2N3O2S/c1-8(3-4-21(2,19)20)17-13-7-16-11-5-9(14)10(15)6-12(11)18-13/h5-8H,3-4H2,1-2H3,(H,17,18)/t8-/m1/s1. The van der Waals surface area contributed by atoms with Crippen LogP contribution in [0.2, 0.25) is 10.0 Å². The lowest BCUT2D eigenvalue weighted by molar-refractivity contribution is 0.595. The van der Waals surface area contributed by atoms with Gasteiger partial charge in [0.25, 0.3) is 0 Å². The minimum atomic E-state index is -2.96. The summed E-state index contributed by atoms with van der Waals surface area (Å²) in [6.07, 6.45) is 3.31. The molecular formula is C13H15Cl2N3O2S.